The Labute approximate surface area is 246 Å². The Hall–Kier alpha value is -3.92. The molecule has 0 spiro atoms. The Bertz CT molecular complexity index is 1470. The molecule has 0 amide bonds. The predicted octanol–water partition coefficient (Wildman–Crippen LogP) is 7.34. The van der Waals surface area contributed by atoms with Crippen molar-refractivity contribution < 1.29 is 38.2 Å². The molecule has 1 aromatic heterocycles. The van der Waals surface area contributed by atoms with Crippen molar-refractivity contribution in [3.05, 3.63) is 117 Å². The number of methoxy groups -OCH3 is 2. The smallest absolute Gasteiger partial charge is 0.338 e. The molecule has 3 aromatic carbocycles. The third-order valence-corrected chi connectivity index (χ3v) is 6.93. The van der Waals surface area contributed by atoms with Crippen LogP contribution in [-0.4, -0.2) is 25.7 Å². The van der Waals surface area contributed by atoms with Gasteiger partial charge in [-0.3, -0.25) is 0 Å². The summed E-state index contributed by atoms with van der Waals surface area (Å²) >= 11 is 12.8. The molecule has 216 valence electrons. The summed E-state index contributed by atoms with van der Waals surface area (Å²) in [6, 6.07) is 18.2. The second-order valence-electron chi connectivity index (χ2n) is 8.78. The third kappa shape index (κ3) is 7.85. The number of nitrogens with one attached hydrogen (secondary N) is 2. The van der Waals surface area contributed by atoms with Crippen molar-refractivity contribution in [3.8, 4) is 11.5 Å². The average molecular weight is 605 g/mol. The van der Waals surface area contributed by atoms with E-state index in [9.17, 15) is 13.6 Å². The van der Waals surface area contributed by atoms with Gasteiger partial charge in [-0.15, -0.1) is 0 Å². The molecule has 0 radical (unpaired) electrons. The van der Waals surface area contributed by atoms with Crippen molar-refractivity contribution in [1.29, 1.82) is 0 Å². The van der Waals surface area contributed by atoms with Crippen LogP contribution in [0.5, 0.6) is 11.5 Å². The van der Waals surface area contributed by atoms with Gasteiger partial charge in [-0.1, -0.05) is 59.6 Å². The Morgan fingerprint density at radius 2 is 1.63 bits per heavy atom. The van der Waals surface area contributed by atoms with Gasteiger partial charge in [0.15, 0.2) is 23.9 Å². The van der Waals surface area contributed by atoms with Crippen molar-refractivity contribution in [2.45, 2.75) is 25.5 Å². The fourth-order valence-electron chi connectivity index (χ4n) is 4.19. The van der Waals surface area contributed by atoms with Gasteiger partial charge in [-0.2, -0.15) is 0 Å². The van der Waals surface area contributed by atoms with Crippen LogP contribution >= 0.6 is 23.2 Å². The number of anilines is 1. The maximum Gasteiger partial charge on any atom is 0.338 e. The van der Waals surface area contributed by atoms with Crippen LogP contribution in [0.2, 0.25) is 10.0 Å². The number of hydrogen-bond acceptors (Lipinski definition) is 6. The maximum absolute atomic E-state index is 13.4. The lowest BCUT2D eigenvalue weighted by Gasteiger charge is -2.21. The first-order valence-corrected chi connectivity index (χ1v) is 13.0. The lowest BCUT2D eigenvalue weighted by Crippen LogP contribution is -2.16. The molecule has 0 fully saturated rings. The van der Waals surface area contributed by atoms with Crippen LogP contribution in [0, 0.1) is 0 Å². The Morgan fingerprint density at radius 1 is 0.927 bits per heavy atom. The molecule has 11 heteroatoms. The van der Waals surface area contributed by atoms with Crippen molar-refractivity contribution in [2.24, 2.45) is 0 Å². The molecular weight excluding hydrogens is 577 g/mol. The zero-order chi connectivity index (χ0) is 28.6. The lowest BCUT2D eigenvalue weighted by atomic mass is 10.0. The van der Waals surface area contributed by atoms with E-state index in [2.05, 4.69) is 10.3 Å². The number of aromatic amines is 1. The Balaban J connectivity index is 0.00000462. The quantitative estimate of drug-likeness (QED) is 0.180. The molecule has 0 saturated carbocycles. The van der Waals surface area contributed by atoms with E-state index in [0.29, 0.717) is 49.5 Å². The highest BCUT2D eigenvalue weighted by Gasteiger charge is 2.24. The summed E-state index contributed by atoms with van der Waals surface area (Å²) < 4.78 is 43.5. The van der Waals surface area contributed by atoms with Gasteiger partial charge in [-0.05, 0) is 41.5 Å². The molecule has 0 aliphatic carbocycles. The van der Waals surface area contributed by atoms with Gasteiger partial charge in [0.2, 0.25) is 0 Å². The number of aromatic nitrogens is 1. The van der Waals surface area contributed by atoms with Crippen LogP contribution < -0.4 is 19.8 Å². The minimum atomic E-state index is -2.61. The molecule has 0 saturated heterocycles. The first kappa shape index (κ1) is 31.6. The maximum atomic E-state index is 13.4. The zero-order valence-electron chi connectivity index (χ0n) is 22.2. The lowest BCUT2D eigenvalue weighted by molar-refractivity contribution is -0.377. The molecule has 41 heavy (non-hydrogen) atoms. The summed E-state index contributed by atoms with van der Waals surface area (Å²) in [7, 11) is 3.05. The predicted molar refractivity (Wildman–Crippen MR) is 152 cm³/mol. The van der Waals surface area contributed by atoms with Gasteiger partial charge in [0.25, 0.3) is 6.43 Å². The van der Waals surface area contributed by atoms with E-state index in [4.69, 9.17) is 37.4 Å². The Kier molecular flexibility index (Phi) is 11.3. The van der Waals surface area contributed by atoms with E-state index in [1.807, 2.05) is 0 Å². The highest BCUT2D eigenvalue weighted by Crippen LogP contribution is 2.35. The molecule has 7 nitrogen and oxygen atoms in total. The number of alkyl halides is 2. The number of hydrogen-bond donors (Lipinski definition) is 1. The first-order chi connectivity index (χ1) is 19.3. The largest absolute Gasteiger partial charge is 0.870 e. The second kappa shape index (κ2) is 14.6. The van der Waals surface area contributed by atoms with Gasteiger partial charge >= 0.3 is 5.97 Å². The number of carbonyl (C=O) groups is 1. The molecule has 0 bridgehead atoms. The minimum absolute atomic E-state index is 0. The molecule has 4 rings (SSSR count). The van der Waals surface area contributed by atoms with Crippen LogP contribution in [0.4, 0.5) is 14.5 Å². The first-order valence-electron chi connectivity index (χ1n) is 12.3. The molecule has 0 aliphatic heterocycles. The van der Waals surface area contributed by atoms with Crippen LogP contribution in [0.1, 0.15) is 45.1 Å². The normalized spacial score (nSPS) is 11.4. The number of ether oxygens (including phenoxy) is 3. The molecule has 0 unspecified atom stereocenters. The minimum Gasteiger partial charge on any atom is -0.870 e. The van der Waals surface area contributed by atoms with Gasteiger partial charge < -0.3 is 25.0 Å². The fourth-order valence-corrected chi connectivity index (χ4v) is 4.72. The van der Waals surface area contributed by atoms with Gasteiger partial charge in [0.1, 0.15) is 16.1 Å². The van der Waals surface area contributed by atoms with Gasteiger partial charge in [0, 0.05) is 29.8 Å². The highest BCUT2D eigenvalue weighted by molar-refractivity contribution is 6.35. The number of esters is 1. The number of para-hydroxylation sites is 1. The second-order valence-corrected chi connectivity index (χ2v) is 9.60. The van der Waals surface area contributed by atoms with Gasteiger partial charge in [0.05, 0.1) is 19.8 Å². The van der Waals surface area contributed by atoms with Crippen molar-refractivity contribution in [1.82, 2.24) is 0 Å². The van der Waals surface area contributed by atoms with E-state index >= 15 is 0 Å². The van der Waals surface area contributed by atoms with Crippen molar-refractivity contribution in [3.63, 3.8) is 0 Å². The monoisotopic (exact) mass is 604 g/mol. The van der Waals surface area contributed by atoms with Crippen LogP contribution in [-0.2, 0) is 17.7 Å². The molecular formula is C30H28Cl2F2N2O5. The molecule has 1 atom stereocenters. The van der Waals surface area contributed by atoms with E-state index in [1.165, 1.54) is 20.3 Å². The van der Waals surface area contributed by atoms with Crippen molar-refractivity contribution >= 4 is 34.9 Å². The fraction of sp³-hybridized carbons (Fsp3) is 0.200. The van der Waals surface area contributed by atoms with Crippen LogP contribution in [0.15, 0.2) is 79.1 Å². The summed E-state index contributed by atoms with van der Waals surface area (Å²) in [6.45, 7) is 0.232. The Morgan fingerprint density at radius 3 is 2.32 bits per heavy atom. The molecule has 3 N–H and O–H groups in total. The van der Waals surface area contributed by atoms with E-state index in [-0.39, 0.29) is 24.0 Å². The number of pyridine rings is 1. The topological polar surface area (TPSA) is 101 Å². The number of carbonyl (C=O) groups excluding carboxylic acids is 1. The summed E-state index contributed by atoms with van der Waals surface area (Å²) in [5, 5.41) is 3.81. The van der Waals surface area contributed by atoms with E-state index in [0.717, 1.165) is 0 Å². The van der Waals surface area contributed by atoms with Crippen LogP contribution in [0.25, 0.3) is 0 Å². The van der Waals surface area contributed by atoms with E-state index in [1.54, 1.807) is 73.1 Å². The van der Waals surface area contributed by atoms with Crippen molar-refractivity contribution in [2.75, 3.05) is 19.5 Å². The molecule has 1 heterocycles. The third-order valence-electron chi connectivity index (χ3n) is 6.26. The molecule has 4 aromatic rings. The number of halogens is 4. The number of benzene rings is 3. The summed E-state index contributed by atoms with van der Waals surface area (Å²) in [5.41, 5.74) is 2.49. The summed E-state index contributed by atoms with van der Waals surface area (Å²) in [5.74, 6) is 0.413. The summed E-state index contributed by atoms with van der Waals surface area (Å²) in [6.07, 6.45) is 0.00397. The SMILES string of the molecule is COc1ccc([C@H](Cc2c(Cl)c[nH+]cc2Cl)OC(=O)c2cccc(CNc3ccccc3C(F)F)c2)cc1OC.[OH-]. The van der Waals surface area contributed by atoms with Gasteiger partial charge in [-0.25, -0.2) is 18.6 Å². The zero-order valence-corrected chi connectivity index (χ0v) is 23.7. The average Bonchev–Trinajstić information content (AvgIpc) is 2.97. The summed E-state index contributed by atoms with van der Waals surface area (Å²) in [4.78, 5) is 16.2. The standard InChI is InChI=1S/C30H26Cl2F2N2O4.H2O/c1-38-26-11-10-19(13-28(26)39-2)27(14-22-23(31)16-35-17-24(22)32)40-30(37)20-7-5-6-18(12-20)15-36-25-9-4-3-8-21(25)29(33)34;/h3-13,16-17,27,29,36H,14-15H2,1-2H3;1H2/t27-;/m0./s1. The van der Waals surface area contributed by atoms with E-state index < -0.39 is 18.5 Å². The van der Waals surface area contributed by atoms with Crippen LogP contribution in [0.3, 0.4) is 0 Å². The highest BCUT2D eigenvalue weighted by atomic mass is 35.5. The number of rotatable bonds is 11. The molecule has 0 aliphatic rings. The number of H-pyrrole nitrogens is 1.